The van der Waals surface area contributed by atoms with Crippen LogP contribution in [0.25, 0.3) is 0 Å². The van der Waals surface area contributed by atoms with Gasteiger partial charge in [-0.15, -0.1) is 0 Å². The molecule has 8 heteroatoms. The van der Waals surface area contributed by atoms with Gasteiger partial charge in [-0.2, -0.15) is 4.31 Å². The van der Waals surface area contributed by atoms with Crippen molar-refractivity contribution in [1.29, 1.82) is 0 Å². The lowest BCUT2D eigenvalue weighted by Crippen LogP contribution is -2.46. The van der Waals surface area contributed by atoms with Crippen molar-refractivity contribution in [2.24, 2.45) is 0 Å². The largest absolute Gasteiger partial charge is 0.475 e. The summed E-state index contributed by atoms with van der Waals surface area (Å²) in [6.07, 6.45) is 0. The molecule has 0 radical (unpaired) electrons. The third kappa shape index (κ3) is 2.51. The van der Waals surface area contributed by atoms with Crippen molar-refractivity contribution >= 4 is 16.0 Å². The van der Waals surface area contributed by atoms with Crippen LogP contribution in [-0.2, 0) is 14.8 Å². The lowest BCUT2D eigenvalue weighted by Gasteiger charge is -2.31. The molecule has 7 nitrogen and oxygen atoms in total. The number of rotatable bonds is 3. The van der Waals surface area contributed by atoms with Gasteiger partial charge in [0.25, 0.3) is 0 Å². The highest BCUT2D eigenvalue weighted by Gasteiger charge is 2.34. The molecule has 1 saturated heterocycles. The van der Waals surface area contributed by atoms with Crippen LogP contribution in [-0.4, -0.2) is 49.6 Å². The normalized spacial score (nSPS) is 21.5. The van der Waals surface area contributed by atoms with E-state index in [4.69, 9.17) is 14.3 Å². The molecule has 0 aromatic carbocycles. The number of ether oxygens (including phenoxy) is 1. The van der Waals surface area contributed by atoms with Gasteiger partial charge in [-0.05, 0) is 13.8 Å². The molecule has 0 spiro atoms. The highest BCUT2D eigenvalue weighted by molar-refractivity contribution is 7.89. The molecule has 1 aliphatic rings. The zero-order valence-corrected chi connectivity index (χ0v) is 11.4. The molecule has 0 bridgehead atoms. The molecular formula is C11H15NO6S. The maximum Gasteiger partial charge on any atom is 0.371 e. The average Bonchev–Trinajstić information content (AvgIpc) is 2.72. The third-order valence-electron chi connectivity index (χ3n) is 2.98. The molecule has 1 aromatic rings. The van der Waals surface area contributed by atoms with Gasteiger partial charge >= 0.3 is 5.97 Å². The van der Waals surface area contributed by atoms with Crippen LogP contribution < -0.4 is 0 Å². The second-order valence-corrected chi connectivity index (χ2v) is 6.23. The summed E-state index contributed by atoms with van der Waals surface area (Å²) in [5.41, 5.74) is 0. The van der Waals surface area contributed by atoms with Crippen LogP contribution >= 0.6 is 0 Å². The van der Waals surface area contributed by atoms with Crippen molar-refractivity contribution < 1.29 is 27.5 Å². The predicted octanol–water partition coefficient (Wildman–Crippen LogP) is 0.696. The molecular weight excluding hydrogens is 274 g/mol. The number of carbonyl (C=O) groups is 1. The van der Waals surface area contributed by atoms with Gasteiger partial charge in [0, 0.05) is 18.7 Å². The molecule has 19 heavy (non-hydrogen) atoms. The van der Waals surface area contributed by atoms with Crippen molar-refractivity contribution in [1.82, 2.24) is 4.31 Å². The van der Waals surface area contributed by atoms with E-state index in [9.17, 15) is 13.2 Å². The maximum absolute atomic E-state index is 12.5. The summed E-state index contributed by atoms with van der Waals surface area (Å²) in [7, 11) is -3.76. The van der Waals surface area contributed by atoms with Crippen LogP contribution in [0.5, 0.6) is 0 Å². The van der Waals surface area contributed by atoms with Gasteiger partial charge in [-0.1, -0.05) is 0 Å². The monoisotopic (exact) mass is 289 g/mol. The minimum Gasteiger partial charge on any atom is -0.475 e. The Hall–Kier alpha value is -1.38. The van der Waals surface area contributed by atoms with E-state index in [-0.39, 0.29) is 29.0 Å². The number of carboxylic acid groups (broad SMARTS) is 1. The highest BCUT2D eigenvalue weighted by Crippen LogP contribution is 2.26. The van der Waals surface area contributed by atoms with Gasteiger partial charge in [-0.3, -0.25) is 0 Å². The highest BCUT2D eigenvalue weighted by atomic mass is 32.2. The van der Waals surface area contributed by atoms with Crippen LogP contribution in [0.1, 0.15) is 23.2 Å². The topological polar surface area (TPSA) is 97.0 Å². The van der Waals surface area contributed by atoms with Gasteiger partial charge in [0.1, 0.15) is 10.7 Å². The number of morpholine rings is 1. The fourth-order valence-electron chi connectivity index (χ4n) is 2.02. The van der Waals surface area contributed by atoms with Crippen molar-refractivity contribution in [3.05, 3.63) is 17.6 Å². The number of hydrogen-bond donors (Lipinski definition) is 1. The fraction of sp³-hybridized carbons (Fsp3) is 0.545. The van der Waals surface area contributed by atoms with Gasteiger partial charge < -0.3 is 14.3 Å². The van der Waals surface area contributed by atoms with Crippen molar-refractivity contribution in [3.8, 4) is 0 Å². The standard InChI is InChI=1S/C11H15NO6S/c1-7-6-17-4-3-12(7)19(15,16)10-5-9(11(13)14)18-8(10)2/h5,7H,3-4,6H2,1-2H3,(H,13,14). The predicted molar refractivity (Wildman–Crippen MR) is 64.6 cm³/mol. The van der Waals surface area contributed by atoms with Gasteiger partial charge in [-0.25, -0.2) is 13.2 Å². The van der Waals surface area contributed by atoms with E-state index in [1.807, 2.05) is 0 Å². The van der Waals surface area contributed by atoms with E-state index < -0.39 is 16.0 Å². The second-order valence-electron chi connectivity index (χ2n) is 4.38. The Bertz CT molecular complexity index is 590. The second kappa shape index (κ2) is 4.95. The van der Waals surface area contributed by atoms with E-state index in [0.29, 0.717) is 13.2 Å². The Morgan fingerprint density at radius 2 is 2.21 bits per heavy atom. The van der Waals surface area contributed by atoms with Crippen LogP contribution in [0.2, 0.25) is 0 Å². The molecule has 2 heterocycles. The number of nitrogens with zero attached hydrogens (tertiary/aromatic N) is 1. The Morgan fingerprint density at radius 3 is 2.74 bits per heavy atom. The molecule has 1 fully saturated rings. The number of aryl methyl sites for hydroxylation is 1. The fourth-order valence-corrected chi connectivity index (χ4v) is 3.79. The van der Waals surface area contributed by atoms with Crippen molar-refractivity contribution in [2.75, 3.05) is 19.8 Å². The lowest BCUT2D eigenvalue weighted by atomic mass is 10.3. The first-order valence-electron chi connectivity index (χ1n) is 5.77. The summed E-state index contributed by atoms with van der Waals surface area (Å²) in [4.78, 5) is 10.7. The summed E-state index contributed by atoms with van der Waals surface area (Å²) >= 11 is 0. The number of carboxylic acids is 1. The number of aromatic carboxylic acids is 1. The minimum absolute atomic E-state index is 0.0797. The maximum atomic E-state index is 12.5. The molecule has 0 saturated carbocycles. The molecule has 1 aromatic heterocycles. The molecule has 106 valence electrons. The number of furan rings is 1. The average molecular weight is 289 g/mol. The first-order chi connectivity index (χ1) is 8.84. The van der Waals surface area contributed by atoms with Crippen LogP contribution in [0, 0.1) is 6.92 Å². The number of hydrogen-bond acceptors (Lipinski definition) is 5. The molecule has 0 aliphatic carbocycles. The molecule has 1 aliphatic heterocycles. The van der Waals surface area contributed by atoms with E-state index in [1.54, 1.807) is 6.92 Å². The summed E-state index contributed by atoms with van der Waals surface area (Å²) in [5, 5.41) is 8.83. The summed E-state index contributed by atoms with van der Waals surface area (Å²) in [6, 6.07) is 0.760. The molecule has 0 amide bonds. The third-order valence-corrected chi connectivity index (χ3v) is 5.10. The van der Waals surface area contributed by atoms with E-state index in [0.717, 1.165) is 6.07 Å². The minimum atomic E-state index is -3.76. The van der Waals surface area contributed by atoms with Crippen LogP contribution in [0.3, 0.4) is 0 Å². The molecule has 1 N–H and O–H groups in total. The Morgan fingerprint density at radius 1 is 1.53 bits per heavy atom. The van der Waals surface area contributed by atoms with E-state index >= 15 is 0 Å². The Kier molecular flexibility index (Phi) is 3.66. The van der Waals surface area contributed by atoms with Gasteiger partial charge in [0.2, 0.25) is 15.8 Å². The molecule has 2 rings (SSSR count). The van der Waals surface area contributed by atoms with Crippen LogP contribution in [0.4, 0.5) is 0 Å². The van der Waals surface area contributed by atoms with Gasteiger partial charge in [0.15, 0.2) is 0 Å². The smallest absolute Gasteiger partial charge is 0.371 e. The summed E-state index contributed by atoms with van der Waals surface area (Å²) in [5.74, 6) is -1.59. The SMILES string of the molecule is Cc1oc(C(=O)O)cc1S(=O)(=O)N1CCOCC1C. The first kappa shape index (κ1) is 14.0. The zero-order chi connectivity index (χ0) is 14.2. The quantitative estimate of drug-likeness (QED) is 0.879. The van der Waals surface area contributed by atoms with Crippen LogP contribution in [0.15, 0.2) is 15.4 Å². The molecule has 1 unspecified atom stereocenters. The van der Waals surface area contributed by atoms with Crippen molar-refractivity contribution in [3.63, 3.8) is 0 Å². The lowest BCUT2D eigenvalue weighted by molar-refractivity contribution is 0.0392. The summed E-state index contributed by atoms with van der Waals surface area (Å²) in [6.45, 7) is 4.07. The first-order valence-corrected chi connectivity index (χ1v) is 7.21. The van der Waals surface area contributed by atoms with E-state index in [2.05, 4.69) is 0 Å². The Balaban J connectivity index is 2.41. The van der Waals surface area contributed by atoms with E-state index in [1.165, 1.54) is 11.2 Å². The Labute approximate surface area is 110 Å². The number of sulfonamides is 1. The molecule has 1 atom stereocenters. The van der Waals surface area contributed by atoms with Gasteiger partial charge in [0.05, 0.1) is 13.2 Å². The van der Waals surface area contributed by atoms with Crippen molar-refractivity contribution in [2.45, 2.75) is 24.8 Å². The summed E-state index contributed by atoms with van der Waals surface area (Å²) < 4.78 is 36.4. The zero-order valence-electron chi connectivity index (χ0n) is 10.6.